The molecule has 1 saturated heterocycles. The van der Waals surface area contributed by atoms with E-state index in [1.807, 2.05) is 0 Å². The minimum atomic E-state index is -0.948. The Bertz CT molecular complexity index is 508. The first-order valence-electron chi connectivity index (χ1n) is 7.41. The number of carboxylic acids is 1. The Hall–Kier alpha value is -1.82. The molecule has 6 heteroatoms. The molecular formula is C15H22N2O4. The molecule has 0 bridgehead atoms. The summed E-state index contributed by atoms with van der Waals surface area (Å²) in [5, 5.41) is 9.14. The highest BCUT2D eigenvalue weighted by atomic mass is 16.4. The molecule has 116 valence electrons. The summed E-state index contributed by atoms with van der Waals surface area (Å²) in [7, 11) is 0. The molecule has 1 aromatic heterocycles. The van der Waals surface area contributed by atoms with Crippen molar-refractivity contribution in [1.29, 1.82) is 0 Å². The number of amides is 1. The largest absolute Gasteiger partial charge is 0.480 e. The van der Waals surface area contributed by atoms with E-state index >= 15 is 0 Å². The second-order valence-electron chi connectivity index (χ2n) is 5.22. The van der Waals surface area contributed by atoms with Crippen LogP contribution in [0.4, 0.5) is 0 Å². The van der Waals surface area contributed by atoms with E-state index in [0.717, 1.165) is 25.3 Å². The SMILES string of the molecule is CCN(CC)Cc1ccc(C(=O)N2CCCC2C(=O)O)o1. The monoisotopic (exact) mass is 294 g/mol. The van der Waals surface area contributed by atoms with Gasteiger partial charge in [-0.15, -0.1) is 0 Å². The number of furan rings is 1. The fourth-order valence-corrected chi connectivity index (χ4v) is 2.65. The maximum absolute atomic E-state index is 12.4. The molecule has 1 aromatic rings. The molecule has 21 heavy (non-hydrogen) atoms. The van der Waals surface area contributed by atoms with Crippen LogP contribution in [0.3, 0.4) is 0 Å². The van der Waals surface area contributed by atoms with Crippen LogP contribution >= 0.6 is 0 Å². The Labute approximate surface area is 124 Å². The van der Waals surface area contributed by atoms with Crippen molar-refractivity contribution < 1.29 is 19.1 Å². The van der Waals surface area contributed by atoms with Crippen molar-refractivity contribution >= 4 is 11.9 Å². The van der Waals surface area contributed by atoms with E-state index in [-0.39, 0.29) is 11.7 Å². The van der Waals surface area contributed by atoms with E-state index < -0.39 is 12.0 Å². The van der Waals surface area contributed by atoms with Gasteiger partial charge in [-0.25, -0.2) is 4.79 Å². The molecular weight excluding hydrogens is 272 g/mol. The zero-order chi connectivity index (χ0) is 15.4. The van der Waals surface area contributed by atoms with Crippen LogP contribution in [0.15, 0.2) is 16.5 Å². The highest BCUT2D eigenvalue weighted by Gasteiger charge is 2.35. The Morgan fingerprint density at radius 3 is 2.71 bits per heavy atom. The van der Waals surface area contributed by atoms with Crippen molar-refractivity contribution in [2.24, 2.45) is 0 Å². The summed E-state index contributed by atoms with van der Waals surface area (Å²) in [6.07, 6.45) is 1.23. The molecule has 0 spiro atoms. The van der Waals surface area contributed by atoms with Crippen LogP contribution in [-0.4, -0.2) is 52.5 Å². The Morgan fingerprint density at radius 2 is 2.10 bits per heavy atom. The molecule has 6 nitrogen and oxygen atoms in total. The highest BCUT2D eigenvalue weighted by molar-refractivity contribution is 5.94. The van der Waals surface area contributed by atoms with Gasteiger partial charge in [0, 0.05) is 6.54 Å². The van der Waals surface area contributed by atoms with Crippen LogP contribution < -0.4 is 0 Å². The number of nitrogens with zero attached hydrogens (tertiary/aromatic N) is 2. The molecule has 1 unspecified atom stereocenters. The third-order valence-corrected chi connectivity index (χ3v) is 3.95. The first kappa shape index (κ1) is 15.6. The second-order valence-corrected chi connectivity index (χ2v) is 5.22. The lowest BCUT2D eigenvalue weighted by Gasteiger charge is -2.20. The minimum Gasteiger partial charge on any atom is -0.480 e. The van der Waals surface area contributed by atoms with Crippen molar-refractivity contribution in [3.63, 3.8) is 0 Å². The summed E-state index contributed by atoms with van der Waals surface area (Å²) >= 11 is 0. The Kier molecular flexibility index (Phi) is 5.01. The number of carbonyl (C=O) groups excluding carboxylic acids is 1. The maximum Gasteiger partial charge on any atom is 0.326 e. The Balaban J connectivity index is 2.06. The summed E-state index contributed by atoms with van der Waals surface area (Å²) in [5.74, 6) is -0.320. The van der Waals surface area contributed by atoms with E-state index in [4.69, 9.17) is 9.52 Å². The topological polar surface area (TPSA) is 74.0 Å². The van der Waals surface area contributed by atoms with E-state index in [1.54, 1.807) is 12.1 Å². The number of rotatable bonds is 6. The van der Waals surface area contributed by atoms with Crippen molar-refractivity contribution in [3.8, 4) is 0 Å². The van der Waals surface area contributed by atoms with Crippen molar-refractivity contribution in [2.45, 2.75) is 39.3 Å². The molecule has 0 aliphatic carbocycles. The number of aliphatic carboxylic acids is 1. The van der Waals surface area contributed by atoms with Gasteiger partial charge in [0.2, 0.25) is 0 Å². The van der Waals surface area contributed by atoms with Crippen LogP contribution in [0.5, 0.6) is 0 Å². The van der Waals surface area contributed by atoms with Gasteiger partial charge in [0.1, 0.15) is 11.8 Å². The zero-order valence-corrected chi connectivity index (χ0v) is 12.5. The average molecular weight is 294 g/mol. The lowest BCUT2D eigenvalue weighted by Crippen LogP contribution is -2.40. The molecule has 2 heterocycles. The number of hydrogen-bond acceptors (Lipinski definition) is 4. The zero-order valence-electron chi connectivity index (χ0n) is 12.5. The minimum absolute atomic E-state index is 0.227. The van der Waals surface area contributed by atoms with E-state index in [9.17, 15) is 9.59 Å². The maximum atomic E-state index is 12.4. The van der Waals surface area contributed by atoms with Crippen molar-refractivity contribution in [3.05, 3.63) is 23.7 Å². The summed E-state index contributed by atoms with van der Waals surface area (Å²) < 4.78 is 5.59. The normalized spacial score (nSPS) is 18.4. The predicted octanol–water partition coefficient (Wildman–Crippen LogP) is 1.81. The van der Waals surface area contributed by atoms with Gasteiger partial charge in [-0.2, -0.15) is 0 Å². The van der Waals surface area contributed by atoms with Gasteiger partial charge in [0.05, 0.1) is 6.54 Å². The second kappa shape index (κ2) is 6.76. The summed E-state index contributed by atoms with van der Waals surface area (Å²) in [5.41, 5.74) is 0. The van der Waals surface area contributed by atoms with Crippen LogP contribution in [0.2, 0.25) is 0 Å². The number of likely N-dealkylation sites (tertiary alicyclic amines) is 1. The molecule has 0 saturated carbocycles. The Morgan fingerprint density at radius 1 is 1.38 bits per heavy atom. The van der Waals surface area contributed by atoms with Crippen LogP contribution in [0.1, 0.15) is 43.0 Å². The lowest BCUT2D eigenvalue weighted by atomic mass is 10.2. The highest BCUT2D eigenvalue weighted by Crippen LogP contribution is 2.21. The summed E-state index contributed by atoms with van der Waals surface area (Å²) in [6, 6.07) is 2.70. The van der Waals surface area contributed by atoms with Gasteiger partial charge in [-0.1, -0.05) is 13.8 Å². The molecule has 2 rings (SSSR count). The molecule has 0 radical (unpaired) electrons. The number of carbonyl (C=O) groups is 2. The lowest BCUT2D eigenvalue weighted by molar-refractivity contribution is -0.141. The molecule has 1 aliphatic rings. The molecule has 1 aliphatic heterocycles. The molecule has 1 atom stereocenters. The standard InChI is InChI=1S/C15H22N2O4/c1-3-16(4-2)10-11-7-8-13(21-11)14(18)17-9-5-6-12(17)15(19)20/h7-8,12H,3-6,9-10H2,1-2H3,(H,19,20). The van der Waals surface area contributed by atoms with Gasteiger partial charge in [-0.05, 0) is 38.1 Å². The smallest absolute Gasteiger partial charge is 0.326 e. The fourth-order valence-electron chi connectivity index (χ4n) is 2.65. The third-order valence-electron chi connectivity index (χ3n) is 3.95. The predicted molar refractivity (Wildman–Crippen MR) is 77.0 cm³/mol. The van der Waals surface area contributed by atoms with Crippen LogP contribution in [0.25, 0.3) is 0 Å². The van der Waals surface area contributed by atoms with E-state index in [1.165, 1.54) is 4.90 Å². The molecule has 1 N–H and O–H groups in total. The first-order chi connectivity index (χ1) is 10.1. The summed E-state index contributed by atoms with van der Waals surface area (Å²) in [6.45, 7) is 7.09. The number of carboxylic acid groups (broad SMARTS) is 1. The molecule has 1 fully saturated rings. The van der Waals surface area contributed by atoms with Gasteiger partial charge < -0.3 is 14.4 Å². The van der Waals surface area contributed by atoms with E-state index in [2.05, 4.69) is 18.7 Å². The van der Waals surface area contributed by atoms with Crippen molar-refractivity contribution in [1.82, 2.24) is 9.80 Å². The van der Waals surface area contributed by atoms with Crippen LogP contribution in [0, 0.1) is 0 Å². The third kappa shape index (κ3) is 3.44. The first-order valence-corrected chi connectivity index (χ1v) is 7.41. The fraction of sp³-hybridized carbons (Fsp3) is 0.600. The van der Waals surface area contributed by atoms with E-state index in [0.29, 0.717) is 19.5 Å². The van der Waals surface area contributed by atoms with Gasteiger partial charge in [0.15, 0.2) is 5.76 Å². The van der Waals surface area contributed by atoms with Crippen LogP contribution in [-0.2, 0) is 11.3 Å². The van der Waals surface area contributed by atoms with Gasteiger partial charge >= 0.3 is 5.97 Å². The summed E-state index contributed by atoms with van der Waals surface area (Å²) in [4.78, 5) is 27.1. The van der Waals surface area contributed by atoms with Gasteiger partial charge in [-0.3, -0.25) is 9.69 Å². The molecule has 1 amide bonds. The average Bonchev–Trinajstić information content (AvgIpc) is 3.13. The molecule has 0 aromatic carbocycles. The number of hydrogen-bond donors (Lipinski definition) is 1. The van der Waals surface area contributed by atoms with Gasteiger partial charge in [0.25, 0.3) is 5.91 Å². The quantitative estimate of drug-likeness (QED) is 0.866. The van der Waals surface area contributed by atoms with Crippen molar-refractivity contribution in [2.75, 3.05) is 19.6 Å².